The third kappa shape index (κ3) is 6.78. The maximum absolute atomic E-state index is 2.45. The summed E-state index contributed by atoms with van der Waals surface area (Å²) in [5, 5.41) is 4.94. The molecule has 328 valence electrons. The van der Waals surface area contributed by atoms with Crippen LogP contribution in [0.1, 0.15) is 22.3 Å². The van der Waals surface area contributed by atoms with Crippen molar-refractivity contribution in [3.63, 3.8) is 0 Å². The quantitative estimate of drug-likeness (QED) is 0.140. The molecule has 12 aromatic carbocycles. The second kappa shape index (κ2) is 17.2. The number of benzene rings is 12. The van der Waals surface area contributed by atoms with Crippen molar-refractivity contribution >= 4 is 38.6 Å². The summed E-state index contributed by atoms with van der Waals surface area (Å²) >= 11 is 0. The lowest BCUT2D eigenvalue weighted by molar-refractivity contribution is 0.769. The summed E-state index contributed by atoms with van der Waals surface area (Å²) < 4.78 is 0. The molecule has 1 nitrogen and oxygen atoms in total. The fourth-order valence-electron chi connectivity index (χ4n) is 11.4. The van der Waals surface area contributed by atoms with Crippen LogP contribution in [0.4, 0.5) is 17.1 Å². The Kier molecular flexibility index (Phi) is 10.1. The fraction of sp³-hybridized carbons (Fsp3) is 0.0145. The average Bonchev–Trinajstić information content (AvgIpc) is 3.74. The molecule has 0 atom stereocenters. The standard InChI is InChI=1S/C69H47N/c1-4-19-50(20-5-1)60-33-17-23-52-24-18-34-64(68(52)60)63-31-13-15-36-67(63)70(57-44-39-51(40-45-57)59-32-16-22-49-21-10-11-29-58(49)59)56-42-37-48(38-43-56)53-41-46-62-61-30-12-14-35-65(61)69(66(62)47-53,54-25-6-2-7-26-54)55-27-8-3-9-28-55/h1-47H. The predicted octanol–water partition coefficient (Wildman–Crippen LogP) is 18.5. The zero-order valence-corrected chi connectivity index (χ0v) is 38.6. The van der Waals surface area contributed by atoms with E-state index in [0.717, 1.165) is 22.6 Å². The van der Waals surface area contributed by atoms with Crippen LogP contribution in [0, 0.1) is 0 Å². The second-order valence-electron chi connectivity index (χ2n) is 18.3. The van der Waals surface area contributed by atoms with E-state index in [-0.39, 0.29) is 0 Å². The van der Waals surface area contributed by atoms with E-state index in [4.69, 9.17) is 0 Å². The van der Waals surface area contributed by atoms with Gasteiger partial charge in [-0.2, -0.15) is 0 Å². The Morgan fingerprint density at radius 3 is 1.43 bits per heavy atom. The van der Waals surface area contributed by atoms with Crippen LogP contribution in [-0.2, 0) is 5.41 Å². The molecule has 0 N–H and O–H groups in total. The van der Waals surface area contributed by atoms with Gasteiger partial charge in [-0.05, 0) is 130 Å². The molecule has 0 spiro atoms. The number of rotatable bonds is 9. The molecule has 0 radical (unpaired) electrons. The van der Waals surface area contributed by atoms with Crippen LogP contribution in [0.3, 0.4) is 0 Å². The minimum Gasteiger partial charge on any atom is -0.310 e. The second-order valence-corrected chi connectivity index (χ2v) is 18.3. The van der Waals surface area contributed by atoms with Gasteiger partial charge >= 0.3 is 0 Å². The molecule has 0 bridgehead atoms. The van der Waals surface area contributed by atoms with Crippen LogP contribution in [0.15, 0.2) is 285 Å². The average molecular weight is 890 g/mol. The van der Waals surface area contributed by atoms with Gasteiger partial charge in [-0.25, -0.2) is 0 Å². The van der Waals surface area contributed by atoms with E-state index in [0.29, 0.717) is 0 Å². The van der Waals surface area contributed by atoms with Crippen LogP contribution < -0.4 is 4.90 Å². The van der Waals surface area contributed by atoms with Crippen molar-refractivity contribution in [3.05, 3.63) is 307 Å². The fourth-order valence-corrected chi connectivity index (χ4v) is 11.4. The monoisotopic (exact) mass is 889 g/mol. The van der Waals surface area contributed by atoms with Crippen molar-refractivity contribution in [2.24, 2.45) is 0 Å². The van der Waals surface area contributed by atoms with Crippen LogP contribution in [-0.4, -0.2) is 0 Å². The normalized spacial score (nSPS) is 12.4. The van der Waals surface area contributed by atoms with Gasteiger partial charge in [0.1, 0.15) is 0 Å². The molecule has 12 aromatic rings. The van der Waals surface area contributed by atoms with E-state index in [1.165, 1.54) is 93.9 Å². The Labute approximate surface area is 409 Å². The summed E-state index contributed by atoms with van der Waals surface area (Å²) in [6.07, 6.45) is 0. The van der Waals surface area contributed by atoms with Crippen LogP contribution in [0.5, 0.6) is 0 Å². The first-order valence-electron chi connectivity index (χ1n) is 24.2. The predicted molar refractivity (Wildman–Crippen MR) is 295 cm³/mol. The Morgan fingerprint density at radius 1 is 0.257 bits per heavy atom. The van der Waals surface area contributed by atoms with Crippen LogP contribution >= 0.6 is 0 Å². The van der Waals surface area contributed by atoms with Crippen molar-refractivity contribution in [1.29, 1.82) is 0 Å². The molecule has 1 aliphatic rings. The third-order valence-electron chi connectivity index (χ3n) is 14.6. The molecular formula is C69H47N. The van der Waals surface area contributed by atoms with Crippen molar-refractivity contribution in [2.45, 2.75) is 5.41 Å². The minimum atomic E-state index is -0.467. The molecule has 0 heterocycles. The zero-order chi connectivity index (χ0) is 46.4. The number of nitrogens with zero attached hydrogens (tertiary/aromatic N) is 1. The minimum absolute atomic E-state index is 0.467. The molecule has 0 fully saturated rings. The highest BCUT2D eigenvalue weighted by molar-refractivity contribution is 6.09. The third-order valence-corrected chi connectivity index (χ3v) is 14.6. The van der Waals surface area contributed by atoms with Crippen molar-refractivity contribution in [3.8, 4) is 55.6 Å². The molecule has 0 aliphatic heterocycles. The molecule has 70 heavy (non-hydrogen) atoms. The van der Waals surface area contributed by atoms with Gasteiger partial charge < -0.3 is 4.90 Å². The lowest BCUT2D eigenvalue weighted by Crippen LogP contribution is -2.28. The van der Waals surface area contributed by atoms with Gasteiger partial charge in [0.15, 0.2) is 0 Å². The number of hydrogen-bond acceptors (Lipinski definition) is 1. The summed E-state index contributed by atoms with van der Waals surface area (Å²) in [4.78, 5) is 2.44. The first-order valence-corrected chi connectivity index (χ1v) is 24.2. The van der Waals surface area contributed by atoms with E-state index >= 15 is 0 Å². The number of fused-ring (bicyclic) bond motifs is 5. The summed E-state index contributed by atoms with van der Waals surface area (Å²) in [5.41, 5.74) is 20.1. The van der Waals surface area contributed by atoms with Crippen LogP contribution in [0.2, 0.25) is 0 Å². The topological polar surface area (TPSA) is 3.24 Å². The highest BCUT2D eigenvalue weighted by atomic mass is 15.1. The molecule has 0 aromatic heterocycles. The zero-order valence-electron chi connectivity index (χ0n) is 38.6. The van der Waals surface area contributed by atoms with Gasteiger partial charge in [-0.1, -0.05) is 249 Å². The maximum atomic E-state index is 2.45. The summed E-state index contributed by atoms with van der Waals surface area (Å²) in [6, 6.07) is 105. The van der Waals surface area contributed by atoms with E-state index in [1.807, 2.05) is 0 Å². The summed E-state index contributed by atoms with van der Waals surface area (Å²) in [6.45, 7) is 0. The molecule has 0 amide bonds. The lowest BCUT2D eigenvalue weighted by Gasteiger charge is -2.34. The van der Waals surface area contributed by atoms with E-state index < -0.39 is 5.41 Å². The molecule has 0 unspecified atom stereocenters. The van der Waals surface area contributed by atoms with E-state index in [9.17, 15) is 0 Å². The van der Waals surface area contributed by atoms with Gasteiger partial charge in [0, 0.05) is 16.9 Å². The largest absolute Gasteiger partial charge is 0.310 e. The molecule has 0 saturated heterocycles. The summed E-state index contributed by atoms with van der Waals surface area (Å²) in [7, 11) is 0. The number of hydrogen-bond donors (Lipinski definition) is 0. The van der Waals surface area contributed by atoms with Gasteiger partial charge in [0.25, 0.3) is 0 Å². The lowest BCUT2D eigenvalue weighted by atomic mass is 9.67. The number of para-hydroxylation sites is 1. The SMILES string of the molecule is c1ccc(-c2cccc3cccc(-c4ccccc4N(c4ccc(-c5ccc6c(c5)C(c5ccccc5)(c5ccccc5)c5ccccc5-6)cc4)c4ccc(-c5cccc6ccccc56)cc4)c23)cc1. The van der Waals surface area contributed by atoms with Gasteiger partial charge in [-0.3, -0.25) is 0 Å². The first kappa shape index (κ1) is 41.2. The van der Waals surface area contributed by atoms with E-state index in [1.54, 1.807) is 0 Å². The molecule has 1 aliphatic carbocycles. The molecule has 0 saturated carbocycles. The van der Waals surface area contributed by atoms with Crippen LogP contribution in [0.25, 0.3) is 77.2 Å². The molecular weight excluding hydrogens is 843 g/mol. The highest BCUT2D eigenvalue weighted by Gasteiger charge is 2.46. The Bertz CT molecular complexity index is 3810. The Balaban J connectivity index is 0.969. The first-order chi connectivity index (χ1) is 34.7. The smallest absolute Gasteiger partial charge is 0.0713 e. The van der Waals surface area contributed by atoms with Gasteiger partial charge in [0.2, 0.25) is 0 Å². The van der Waals surface area contributed by atoms with Crippen molar-refractivity contribution in [1.82, 2.24) is 0 Å². The van der Waals surface area contributed by atoms with Gasteiger partial charge in [0.05, 0.1) is 11.1 Å². The Hall–Kier alpha value is -9.04. The molecule has 1 heteroatoms. The van der Waals surface area contributed by atoms with Gasteiger partial charge in [-0.15, -0.1) is 0 Å². The van der Waals surface area contributed by atoms with Crippen molar-refractivity contribution in [2.75, 3.05) is 4.90 Å². The maximum Gasteiger partial charge on any atom is 0.0713 e. The summed E-state index contributed by atoms with van der Waals surface area (Å²) in [5.74, 6) is 0. The van der Waals surface area contributed by atoms with Crippen molar-refractivity contribution < 1.29 is 0 Å². The highest BCUT2D eigenvalue weighted by Crippen LogP contribution is 2.57. The Morgan fingerprint density at radius 2 is 0.729 bits per heavy atom. The number of anilines is 3. The molecule has 13 rings (SSSR count). The van der Waals surface area contributed by atoms with E-state index in [2.05, 4.69) is 290 Å².